The Morgan fingerprint density at radius 2 is 2.00 bits per heavy atom. The molecule has 0 atom stereocenters. The number of nitrogens with zero attached hydrogens (tertiary/aromatic N) is 3. The zero-order chi connectivity index (χ0) is 15.5. The Balaban J connectivity index is 1.54. The lowest BCUT2D eigenvalue weighted by molar-refractivity contribution is -0.571. The molecule has 23 heavy (non-hydrogen) atoms. The van der Waals surface area contributed by atoms with Gasteiger partial charge in [-0.15, -0.1) is 0 Å². The highest BCUT2D eigenvalue weighted by Crippen LogP contribution is 2.23. The monoisotopic (exact) mass is 308 g/mol. The Hall–Kier alpha value is -2.43. The van der Waals surface area contributed by atoms with Gasteiger partial charge in [-0.2, -0.15) is 4.57 Å². The van der Waals surface area contributed by atoms with Crippen molar-refractivity contribution in [2.24, 2.45) is 5.92 Å². The van der Waals surface area contributed by atoms with E-state index >= 15 is 0 Å². The average Bonchev–Trinajstić information content (AvgIpc) is 3.05. The highest BCUT2D eigenvalue weighted by molar-refractivity contribution is 5.71. The number of nitrogens with one attached hydrogen (secondary N) is 2. The third-order valence-electron chi connectivity index (χ3n) is 4.67. The number of aromatic nitrogens is 4. The fourth-order valence-electron chi connectivity index (χ4n) is 3.39. The number of fused-ring (bicyclic) bond motifs is 1. The summed E-state index contributed by atoms with van der Waals surface area (Å²) < 4.78 is 2.06. The van der Waals surface area contributed by atoms with Crippen molar-refractivity contribution in [3.63, 3.8) is 0 Å². The number of benzene rings is 1. The molecule has 5 nitrogen and oxygen atoms in total. The highest BCUT2D eigenvalue weighted by atomic mass is 15.2. The molecule has 0 unspecified atom stereocenters. The summed E-state index contributed by atoms with van der Waals surface area (Å²) in [5.74, 6) is 2.35. The molecule has 0 bridgehead atoms. The number of hydrogen-bond acceptors (Lipinski definition) is 3. The number of para-hydroxylation sites is 2. The summed E-state index contributed by atoms with van der Waals surface area (Å²) in [7, 11) is 0. The number of rotatable bonds is 4. The molecule has 1 aliphatic rings. The van der Waals surface area contributed by atoms with Crippen LogP contribution in [0.1, 0.15) is 32.1 Å². The van der Waals surface area contributed by atoms with E-state index < -0.39 is 0 Å². The van der Waals surface area contributed by atoms with E-state index in [2.05, 4.69) is 37.0 Å². The first-order valence-electron chi connectivity index (χ1n) is 8.45. The topological polar surface area (TPSA) is 57.5 Å². The minimum atomic E-state index is 0.714. The zero-order valence-corrected chi connectivity index (χ0v) is 13.2. The fourth-order valence-corrected chi connectivity index (χ4v) is 3.39. The molecule has 1 saturated carbocycles. The quantitative estimate of drug-likeness (QED) is 0.728. The van der Waals surface area contributed by atoms with Crippen LogP contribution in [-0.2, 0) is 0 Å². The second-order valence-electron chi connectivity index (χ2n) is 6.28. The normalized spacial score (nSPS) is 15.8. The van der Waals surface area contributed by atoms with Crippen LogP contribution in [0.4, 0.5) is 5.95 Å². The van der Waals surface area contributed by atoms with Gasteiger partial charge < -0.3 is 5.32 Å². The van der Waals surface area contributed by atoms with Gasteiger partial charge in [-0.05, 0) is 30.9 Å². The Kier molecular flexibility index (Phi) is 3.92. The number of aromatic amines is 1. The van der Waals surface area contributed by atoms with Gasteiger partial charge in [0.25, 0.3) is 11.8 Å². The van der Waals surface area contributed by atoms with E-state index in [0.717, 1.165) is 29.3 Å². The summed E-state index contributed by atoms with van der Waals surface area (Å²) in [6, 6.07) is 10.2. The molecular weight excluding hydrogens is 286 g/mol. The first-order chi connectivity index (χ1) is 11.4. The lowest BCUT2D eigenvalue weighted by Crippen LogP contribution is -2.30. The van der Waals surface area contributed by atoms with Crippen molar-refractivity contribution in [1.82, 2.24) is 15.0 Å². The number of hydrogen-bond donors (Lipinski definition) is 2. The van der Waals surface area contributed by atoms with Crippen LogP contribution in [0.2, 0.25) is 0 Å². The smallest absolute Gasteiger partial charge is 0.300 e. The van der Waals surface area contributed by atoms with E-state index in [0.29, 0.717) is 5.95 Å². The van der Waals surface area contributed by atoms with Crippen molar-refractivity contribution in [3.05, 3.63) is 42.9 Å². The van der Waals surface area contributed by atoms with Crippen LogP contribution in [0.25, 0.3) is 16.9 Å². The van der Waals surface area contributed by atoms with Crippen molar-refractivity contribution >= 4 is 17.0 Å². The van der Waals surface area contributed by atoms with Gasteiger partial charge in [0.1, 0.15) is 11.0 Å². The Bertz CT molecular complexity index is 789. The van der Waals surface area contributed by atoms with Crippen molar-refractivity contribution < 1.29 is 4.57 Å². The Morgan fingerprint density at radius 1 is 1.13 bits per heavy atom. The molecule has 1 aliphatic carbocycles. The van der Waals surface area contributed by atoms with Crippen LogP contribution in [0.5, 0.6) is 0 Å². The SMILES string of the molecule is c1ccc2c(c1)[nH]c[n+]2-c1ccnc(NCC2CCCCC2)n1. The lowest BCUT2D eigenvalue weighted by atomic mass is 9.89. The first-order valence-corrected chi connectivity index (χ1v) is 8.45. The molecule has 2 N–H and O–H groups in total. The second kappa shape index (κ2) is 6.36. The highest BCUT2D eigenvalue weighted by Gasteiger charge is 2.16. The summed E-state index contributed by atoms with van der Waals surface area (Å²) in [6.45, 7) is 0.974. The van der Waals surface area contributed by atoms with Gasteiger partial charge in [0, 0.05) is 18.8 Å². The molecule has 0 radical (unpaired) electrons. The van der Waals surface area contributed by atoms with Crippen LogP contribution < -0.4 is 9.88 Å². The van der Waals surface area contributed by atoms with Gasteiger partial charge in [-0.1, -0.05) is 36.4 Å². The molecule has 0 amide bonds. The van der Waals surface area contributed by atoms with Crippen molar-refractivity contribution in [1.29, 1.82) is 0 Å². The van der Waals surface area contributed by atoms with Gasteiger partial charge in [0.2, 0.25) is 0 Å². The van der Waals surface area contributed by atoms with Crippen molar-refractivity contribution in [2.45, 2.75) is 32.1 Å². The third kappa shape index (κ3) is 3.04. The van der Waals surface area contributed by atoms with E-state index in [-0.39, 0.29) is 0 Å². The molecular formula is C18H22N5+. The summed E-state index contributed by atoms with van der Waals surface area (Å²) in [5, 5.41) is 3.42. The van der Waals surface area contributed by atoms with Gasteiger partial charge in [0.05, 0.1) is 0 Å². The molecule has 1 fully saturated rings. The van der Waals surface area contributed by atoms with Crippen LogP contribution in [0.3, 0.4) is 0 Å². The summed E-state index contributed by atoms with van der Waals surface area (Å²) >= 11 is 0. The predicted molar refractivity (Wildman–Crippen MR) is 90.5 cm³/mol. The minimum Gasteiger partial charge on any atom is -0.340 e. The summed E-state index contributed by atoms with van der Waals surface area (Å²) in [5.41, 5.74) is 2.22. The summed E-state index contributed by atoms with van der Waals surface area (Å²) in [6.07, 6.45) is 10.5. The van der Waals surface area contributed by atoms with Gasteiger partial charge in [0.15, 0.2) is 6.33 Å². The fraction of sp³-hybridized carbons (Fsp3) is 0.389. The predicted octanol–water partition coefficient (Wildman–Crippen LogP) is 3.23. The summed E-state index contributed by atoms with van der Waals surface area (Å²) in [4.78, 5) is 12.3. The molecule has 4 rings (SSSR count). The Labute approximate surface area is 135 Å². The largest absolute Gasteiger partial charge is 0.340 e. The van der Waals surface area contributed by atoms with Gasteiger partial charge in [-0.25, -0.2) is 4.98 Å². The number of anilines is 1. The molecule has 118 valence electrons. The minimum absolute atomic E-state index is 0.714. The number of H-pyrrole nitrogens is 1. The number of imidazole rings is 1. The molecule has 0 saturated heterocycles. The van der Waals surface area contributed by atoms with Crippen LogP contribution >= 0.6 is 0 Å². The molecule has 0 aliphatic heterocycles. The second-order valence-corrected chi connectivity index (χ2v) is 6.28. The Morgan fingerprint density at radius 3 is 2.91 bits per heavy atom. The average molecular weight is 308 g/mol. The molecule has 5 heteroatoms. The standard InChI is InChI=1S/C18H21N5/c1-2-6-14(7-3-1)12-20-18-19-11-10-17(22-18)23-13-21-15-8-4-5-9-16(15)23/h4-5,8-11,13-14H,1-3,6-7,12H2,(H,19,20,22)/p+1. The van der Waals surface area contributed by atoms with Gasteiger partial charge >= 0.3 is 0 Å². The maximum Gasteiger partial charge on any atom is 0.300 e. The lowest BCUT2D eigenvalue weighted by Gasteiger charge is -2.21. The molecule has 0 spiro atoms. The third-order valence-corrected chi connectivity index (χ3v) is 4.67. The van der Waals surface area contributed by atoms with E-state index in [9.17, 15) is 0 Å². The first kappa shape index (κ1) is 14.2. The van der Waals surface area contributed by atoms with E-state index in [4.69, 9.17) is 0 Å². The molecule has 1 aromatic carbocycles. The van der Waals surface area contributed by atoms with Crippen LogP contribution in [-0.4, -0.2) is 21.5 Å². The van der Waals surface area contributed by atoms with E-state index in [1.165, 1.54) is 32.1 Å². The van der Waals surface area contributed by atoms with E-state index in [1.54, 1.807) is 0 Å². The molecule has 3 aromatic rings. The maximum absolute atomic E-state index is 4.67. The molecule has 2 aromatic heterocycles. The van der Waals surface area contributed by atoms with Crippen molar-refractivity contribution in [2.75, 3.05) is 11.9 Å². The van der Waals surface area contributed by atoms with Crippen molar-refractivity contribution in [3.8, 4) is 5.82 Å². The molecule has 2 heterocycles. The maximum atomic E-state index is 4.67. The van der Waals surface area contributed by atoms with Gasteiger partial charge in [-0.3, -0.25) is 4.98 Å². The van der Waals surface area contributed by atoms with E-state index in [1.807, 2.05) is 30.7 Å². The van der Waals surface area contributed by atoms with Crippen LogP contribution in [0, 0.1) is 5.92 Å². The zero-order valence-electron chi connectivity index (χ0n) is 13.2. The van der Waals surface area contributed by atoms with Crippen LogP contribution in [0.15, 0.2) is 42.9 Å².